The van der Waals surface area contributed by atoms with Crippen molar-refractivity contribution in [3.63, 3.8) is 0 Å². The maximum atomic E-state index is 13.4. The van der Waals surface area contributed by atoms with E-state index in [4.69, 9.17) is 20.9 Å². The van der Waals surface area contributed by atoms with E-state index in [1.54, 1.807) is 42.5 Å². The van der Waals surface area contributed by atoms with Gasteiger partial charge >= 0.3 is 5.69 Å². The molecule has 0 aliphatic carbocycles. The number of para-hydroxylation sites is 1. The van der Waals surface area contributed by atoms with Gasteiger partial charge in [-0.25, -0.2) is 4.79 Å². The zero-order chi connectivity index (χ0) is 25.9. The Kier molecular flexibility index (Phi) is 6.57. The number of aromatic nitrogens is 4. The molecule has 5 rings (SSSR count). The van der Waals surface area contributed by atoms with Crippen molar-refractivity contribution >= 4 is 34.1 Å². The first-order chi connectivity index (χ1) is 17.9. The van der Waals surface area contributed by atoms with Crippen molar-refractivity contribution in [1.82, 2.24) is 19.3 Å². The number of ether oxygens (including phenoxy) is 1. The van der Waals surface area contributed by atoms with Crippen molar-refractivity contribution in [2.75, 3.05) is 12.4 Å². The highest BCUT2D eigenvalue weighted by Gasteiger charge is 2.18. The first-order valence-electron chi connectivity index (χ1n) is 11.2. The lowest BCUT2D eigenvalue weighted by Gasteiger charge is -2.13. The van der Waals surface area contributed by atoms with Gasteiger partial charge in [0.1, 0.15) is 18.8 Å². The molecule has 2 heterocycles. The molecule has 0 saturated carbocycles. The van der Waals surface area contributed by atoms with Gasteiger partial charge in [-0.15, -0.1) is 0 Å². The number of nitrogens with one attached hydrogen (secondary N) is 1. The van der Waals surface area contributed by atoms with Crippen LogP contribution in [0.2, 0.25) is 5.02 Å². The number of nitrogens with zero attached hydrogens (tertiary/aromatic N) is 4. The van der Waals surface area contributed by atoms with Crippen LogP contribution in [0.15, 0.2) is 86.9 Å². The molecular weight excluding hydrogens is 498 g/mol. The molecule has 3 aromatic carbocycles. The van der Waals surface area contributed by atoms with Gasteiger partial charge in [-0.1, -0.05) is 59.2 Å². The summed E-state index contributed by atoms with van der Waals surface area (Å²) in [5.41, 5.74) is 0.272. The Hall–Kier alpha value is -4.70. The summed E-state index contributed by atoms with van der Waals surface area (Å²) in [6.07, 6.45) is 0. The number of hydrogen-bond acceptors (Lipinski definition) is 7. The molecule has 0 atom stereocenters. The minimum absolute atomic E-state index is 0.0808. The third kappa shape index (κ3) is 4.87. The molecule has 0 fully saturated rings. The van der Waals surface area contributed by atoms with Crippen molar-refractivity contribution < 1.29 is 14.1 Å². The minimum atomic E-state index is -0.689. The van der Waals surface area contributed by atoms with Crippen LogP contribution < -0.4 is 21.3 Å². The van der Waals surface area contributed by atoms with Gasteiger partial charge in [0.25, 0.3) is 5.56 Å². The number of amides is 1. The van der Waals surface area contributed by atoms with Crippen LogP contribution in [-0.4, -0.2) is 32.3 Å². The van der Waals surface area contributed by atoms with E-state index in [1.165, 1.54) is 11.7 Å². The van der Waals surface area contributed by atoms with Crippen LogP contribution in [0.5, 0.6) is 5.75 Å². The highest BCUT2D eigenvalue weighted by molar-refractivity contribution is 6.32. The largest absolute Gasteiger partial charge is 0.495 e. The van der Waals surface area contributed by atoms with Crippen LogP contribution in [0.3, 0.4) is 0 Å². The summed E-state index contributed by atoms with van der Waals surface area (Å²) in [5, 5.41) is 7.25. The number of fused-ring (bicyclic) bond motifs is 1. The van der Waals surface area contributed by atoms with Crippen LogP contribution >= 0.6 is 11.6 Å². The molecule has 10 nitrogen and oxygen atoms in total. The van der Waals surface area contributed by atoms with Gasteiger partial charge < -0.3 is 14.6 Å². The minimum Gasteiger partial charge on any atom is -0.495 e. The maximum Gasteiger partial charge on any atom is 0.332 e. The third-order valence-electron chi connectivity index (χ3n) is 5.66. The highest BCUT2D eigenvalue weighted by atomic mass is 35.5. The van der Waals surface area contributed by atoms with Gasteiger partial charge in [0.05, 0.1) is 23.0 Å². The molecule has 37 heavy (non-hydrogen) atoms. The number of anilines is 1. The average molecular weight is 518 g/mol. The number of benzene rings is 3. The topological polar surface area (TPSA) is 121 Å². The molecule has 0 unspecified atom stereocenters. The molecule has 5 aromatic rings. The van der Waals surface area contributed by atoms with Crippen molar-refractivity contribution in [3.05, 3.63) is 105 Å². The summed E-state index contributed by atoms with van der Waals surface area (Å²) >= 11 is 6.14. The van der Waals surface area contributed by atoms with E-state index >= 15 is 0 Å². The first kappa shape index (κ1) is 24.0. The van der Waals surface area contributed by atoms with Gasteiger partial charge in [-0.2, -0.15) is 4.98 Å². The zero-order valence-electron chi connectivity index (χ0n) is 19.6. The summed E-state index contributed by atoms with van der Waals surface area (Å²) in [4.78, 5) is 43.8. The first-order valence-corrected chi connectivity index (χ1v) is 11.6. The van der Waals surface area contributed by atoms with Gasteiger partial charge in [-0.05, 0) is 30.3 Å². The van der Waals surface area contributed by atoms with Crippen LogP contribution in [0.25, 0.3) is 22.3 Å². The number of carbonyl (C=O) groups excluding carboxylic acids is 1. The SMILES string of the molecule is COc1ccc(NC(=O)Cn2c(=O)n(Cc3nc(-c4ccccc4)no3)c(=O)c3ccccc32)cc1Cl. The quantitative estimate of drug-likeness (QED) is 0.350. The molecule has 0 bridgehead atoms. The molecule has 11 heteroatoms. The van der Waals surface area contributed by atoms with Crippen molar-refractivity contribution in [1.29, 1.82) is 0 Å². The molecular formula is C26H20ClN5O5. The molecule has 2 aromatic heterocycles. The normalized spacial score (nSPS) is 11.0. The number of rotatable bonds is 7. The van der Waals surface area contributed by atoms with Crippen LogP contribution in [0, 0.1) is 0 Å². The van der Waals surface area contributed by atoms with E-state index < -0.39 is 17.2 Å². The average Bonchev–Trinajstić information content (AvgIpc) is 3.38. The fourth-order valence-corrected chi connectivity index (χ4v) is 4.17. The Morgan fingerprint density at radius 1 is 1.03 bits per heavy atom. The smallest absolute Gasteiger partial charge is 0.332 e. The molecule has 0 aliphatic rings. The lowest BCUT2D eigenvalue weighted by molar-refractivity contribution is -0.116. The number of hydrogen-bond donors (Lipinski definition) is 1. The van der Waals surface area contributed by atoms with Gasteiger partial charge in [0.2, 0.25) is 17.6 Å². The summed E-state index contributed by atoms with van der Waals surface area (Å²) in [5.74, 6) is 0.396. The Bertz CT molecular complexity index is 1730. The van der Waals surface area contributed by atoms with Gasteiger partial charge in [0, 0.05) is 11.3 Å². The summed E-state index contributed by atoms with van der Waals surface area (Å²) in [6.45, 7) is -0.597. The predicted octanol–water partition coefficient (Wildman–Crippen LogP) is 3.56. The molecule has 186 valence electrons. The molecule has 0 radical (unpaired) electrons. The lowest BCUT2D eigenvalue weighted by atomic mass is 10.2. The molecule has 1 amide bonds. The number of carbonyl (C=O) groups is 1. The zero-order valence-corrected chi connectivity index (χ0v) is 20.3. The van der Waals surface area contributed by atoms with Crippen molar-refractivity contribution in [2.24, 2.45) is 0 Å². The Morgan fingerprint density at radius 2 is 1.78 bits per heavy atom. The standard InChI is InChI=1S/C26H20ClN5O5/c1-36-21-12-11-17(13-19(21)27)28-22(33)14-31-20-10-6-5-9-18(20)25(34)32(26(31)35)15-23-29-24(30-37-23)16-7-3-2-4-8-16/h2-13H,14-15H2,1H3,(H,28,33). The summed E-state index contributed by atoms with van der Waals surface area (Å²) in [6, 6.07) is 20.5. The fourth-order valence-electron chi connectivity index (χ4n) is 3.91. The van der Waals surface area contributed by atoms with E-state index in [0.29, 0.717) is 27.8 Å². The van der Waals surface area contributed by atoms with Crippen LogP contribution in [0.1, 0.15) is 5.89 Å². The molecule has 1 N–H and O–H groups in total. The monoisotopic (exact) mass is 517 g/mol. The predicted molar refractivity (Wildman–Crippen MR) is 138 cm³/mol. The molecule has 0 aliphatic heterocycles. The van der Waals surface area contributed by atoms with Crippen molar-refractivity contribution in [2.45, 2.75) is 13.1 Å². The maximum absolute atomic E-state index is 13.4. The number of halogens is 1. The third-order valence-corrected chi connectivity index (χ3v) is 5.96. The van der Waals surface area contributed by atoms with E-state index in [1.807, 2.05) is 30.3 Å². The Morgan fingerprint density at radius 3 is 2.54 bits per heavy atom. The summed E-state index contributed by atoms with van der Waals surface area (Å²) in [7, 11) is 1.49. The van der Waals surface area contributed by atoms with E-state index in [2.05, 4.69) is 15.5 Å². The second-order valence-corrected chi connectivity index (χ2v) is 8.46. The van der Waals surface area contributed by atoms with Crippen LogP contribution in [-0.2, 0) is 17.9 Å². The number of methoxy groups -OCH3 is 1. The fraction of sp³-hybridized carbons (Fsp3) is 0.115. The Labute approximate surface area is 214 Å². The lowest BCUT2D eigenvalue weighted by Crippen LogP contribution is -2.42. The van der Waals surface area contributed by atoms with E-state index in [0.717, 1.165) is 10.1 Å². The summed E-state index contributed by atoms with van der Waals surface area (Å²) < 4.78 is 12.6. The van der Waals surface area contributed by atoms with Crippen LogP contribution in [0.4, 0.5) is 5.69 Å². The molecule has 0 spiro atoms. The molecule has 0 saturated heterocycles. The van der Waals surface area contributed by atoms with Crippen molar-refractivity contribution in [3.8, 4) is 17.1 Å². The van der Waals surface area contributed by atoms with E-state index in [-0.39, 0.29) is 24.4 Å². The second kappa shape index (κ2) is 10.1. The van der Waals surface area contributed by atoms with E-state index in [9.17, 15) is 14.4 Å². The second-order valence-electron chi connectivity index (χ2n) is 8.05. The van der Waals surface area contributed by atoms with Gasteiger partial charge in [0.15, 0.2) is 0 Å². The van der Waals surface area contributed by atoms with Gasteiger partial charge in [-0.3, -0.25) is 18.7 Å². The highest BCUT2D eigenvalue weighted by Crippen LogP contribution is 2.27. The Balaban J connectivity index is 1.48.